The van der Waals surface area contributed by atoms with Gasteiger partial charge in [0.2, 0.25) is 0 Å². The first kappa shape index (κ1) is 16.1. The molecule has 1 heterocycles. The van der Waals surface area contributed by atoms with Crippen molar-refractivity contribution in [2.24, 2.45) is 0 Å². The quantitative estimate of drug-likeness (QED) is 0.699. The van der Waals surface area contributed by atoms with Crippen LogP contribution in [0.2, 0.25) is 0 Å². The lowest BCUT2D eigenvalue weighted by Crippen LogP contribution is -2.34. The van der Waals surface area contributed by atoms with Crippen LogP contribution in [0.5, 0.6) is 5.75 Å². The van der Waals surface area contributed by atoms with Crippen LogP contribution in [-0.2, 0) is 4.79 Å². The van der Waals surface area contributed by atoms with Gasteiger partial charge in [-0.15, -0.1) is 0 Å². The highest BCUT2D eigenvalue weighted by Gasteiger charge is 2.13. The Balaban J connectivity index is 1.86. The number of carbonyl (C=O) groups is 1. The molecule has 124 valence electrons. The van der Waals surface area contributed by atoms with E-state index >= 15 is 0 Å². The third kappa shape index (κ3) is 3.11. The zero-order valence-electron chi connectivity index (χ0n) is 14.0. The van der Waals surface area contributed by atoms with Gasteiger partial charge in [-0.1, -0.05) is 24.3 Å². The third-order valence-corrected chi connectivity index (χ3v) is 4.04. The number of hydrogen-bond donors (Lipinski definition) is 0. The van der Waals surface area contributed by atoms with Crippen LogP contribution >= 0.6 is 0 Å². The molecule has 0 saturated heterocycles. The molecular formula is C19H21N3O2. The van der Waals surface area contributed by atoms with Gasteiger partial charge in [0.15, 0.2) is 6.61 Å². The topological polar surface area (TPSA) is 47.4 Å². The summed E-state index contributed by atoms with van der Waals surface area (Å²) in [6.07, 6.45) is 1.78. The summed E-state index contributed by atoms with van der Waals surface area (Å²) in [7, 11) is 0. The monoisotopic (exact) mass is 323 g/mol. The molecule has 0 bridgehead atoms. The highest BCUT2D eigenvalue weighted by molar-refractivity contribution is 5.87. The number of aromatic nitrogens is 2. The molecule has 3 rings (SSSR count). The largest absolute Gasteiger partial charge is 0.483 e. The number of carbonyl (C=O) groups excluding carboxylic acids is 1. The van der Waals surface area contributed by atoms with Gasteiger partial charge in [0.05, 0.1) is 22.8 Å². The van der Waals surface area contributed by atoms with E-state index in [0.717, 1.165) is 16.6 Å². The van der Waals surface area contributed by atoms with Crippen molar-refractivity contribution in [3.05, 3.63) is 54.7 Å². The van der Waals surface area contributed by atoms with Crippen molar-refractivity contribution in [1.82, 2.24) is 14.7 Å². The fraction of sp³-hybridized carbons (Fsp3) is 0.263. The van der Waals surface area contributed by atoms with Gasteiger partial charge in [-0.05, 0) is 38.1 Å². The van der Waals surface area contributed by atoms with Crippen LogP contribution in [0.25, 0.3) is 16.6 Å². The molecule has 0 fully saturated rings. The van der Waals surface area contributed by atoms with Crippen molar-refractivity contribution >= 4 is 16.8 Å². The summed E-state index contributed by atoms with van der Waals surface area (Å²) in [6, 6.07) is 15.7. The van der Waals surface area contributed by atoms with E-state index in [1.165, 1.54) is 0 Å². The molecule has 5 heteroatoms. The minimum atomic E-state index is -0.00699. The minimum Gasteiger partial charge on any atom is -0.483 e. The second kappa shape index (κ2) is 7.17. The summed E-state index contributed by atoms with van der Waals surface area (Å²) in [5.41, 5.74) is 1.94. The van der Waals surface area contributed by atoms with Crippen LogP contribution in [0, 0.1) is 0 Å². The number of amides is 1. The summed E-state index contributed by atoms with van der Waals surface area (Å²) in [4.78, 5) is 13.9. The molecule has 5 nitrogen and oxygen atoms in total. The Labute approximate surface area is 141 Å². The molecule has 0 radical (unpaired) electrons. The number of fused-ring (bicyclic) bond motifs is 1. The molecule has 0 spiro atoms. The minimum absolute atomic E-state index is 0.00699. The van der Waals surface area contributed by atoms with Crippen molar-refractivity contribution in [2.75, 3.05) is 19.7 Å². The van der Waals surface area contributed by atoms with Gasteiger partial charge in [-0.2, -0.15) is 5.10 Å². The van der Waals surface area contributed by atoms with Crippen molar-refractivity contribution in [1.29, 1.82) is 0 Å². The Morgan fingerprint density at radius 2 is 1.83 bits per heavy atom. The van der Waals surface area contributed by atoms with E-state index < -0.39 is 0 Å². The highest BCUT2D eigenvalue weighted by Crippen LogP contribution is 2.27. The summed E-state index contributed by atoms with van der Waals surface area (Å²) >= 11 is 0. The maximum absolute atomic E-state index is 12.1. The molecule has 0 unspecified atom stereocenters. The normalized spacial score (nSPS) is 10.8. The SMILES string of the molecule is CCN(CC)C(=O)COc1cccc2c1cnn2-c1ccccc1. The predicted octanol–water partition coefficient (Wildman–Crippen LogP) is 3.27. The molecule has 2 aromatic carbocycles. The van der Waals surface area contributed by atoms with Gasteiger partial charge < -0.3 is 9.64 Å². The first-order valence-electron chi connectivity index (χ1n) is 8.17. The van der Waals surface area contributed by atoms with Crippen molar-refractivity contribution in [3.8, 4) is 11.4 Å². The molecule has 0 atom stereocenters. The zero-order chi connectivity index (χ0) is 16.9. The van der Waals surface area contributed by atoms with Gasteiger partial charge in [0, 0.05) is 13.1 Å². The van der Waals surface area contributed by atoms with E-state index in [-0.39, 0.29) is 12.5 Å². The Kier molecular flexibility index (Phi) is 4.79. The maximum Gasteiger partial charge on any atom is 0.260 e. The number of hydrogen-bond acceptors (Lipinski definition) is 3. The second-order valence-corrected chi connectivity index (χ2v) is 5.44. The van der Waals surface area contributed by atoms with E-state index in [1.54, 1.807) is 11.1 Å². The molecule has 1 amide bonds. The fourth-order valence-corrected chi connectivity index (χ4v) is 2.73. The summed E-state index contributed by atoms with van der Waals surface area (Å²) in [5.74, 6) is 0.669. The third-order valence-electron chi connectivity index (χ3n) is 4.04. The zero-order valence-corrected chi connectivity index (χ0v) is 14.0. The number of nitrogens with zero attached hydrogens (tertiary/aromatic N) is 3. The van der Waals surface area contributed by atoms with Crippen LogP contribution in [0.15, 0.2) is 54.7 Å². The molecule has 0 N–H and O–H groups in total. The molecular weight excluding hydrogens is 302 g/mol. The van der Waals surface area contributed by atoms with Gasteiger partial charge in [0.1, 0.15) is 5.75 Å². The average molecular weight is 323 g/mol. The van der Waals surface area contributed by atoms with Crippen LogP contribution < -0.4 is 4.74 Å². The molecule has 0 saturated carbocycles. The maximum atomic E-state index is 12.1. The van der Waals surface area contributed by atoms with Crippen LogP contribution in [0.1, 0.15) is 13.8 Å². The smallest absolute Gasteiger partial charge is 0.260 e. The first-order chi connectivity index (χ1) is 11.7. The Hall–Kier alpha value is -2.82. The summed E-state index contributed by atoms with van der Waals surface area (Å²) in [6.45, 7) is 5.35. The van der Waals surface area contributed by atoms with E-state index in [1.807, 2.05) is 67.1 Å². The van der Waals surface area contributed by atoms with Crippen molar-refractivity contribution in [3.63, 3.8) is 0 Å². The number of ether oxygens (including phenoxy) is 1. The predicted molar refractivity (Wildman–Crippen MR) is 94.5 cm³/mol. The van der Waals surface area contributed by atoms with Gasteiger partial charge in [0.25, 0.3) is 5.91 Å². The second-order valence-electron chi connectivity index (χ2n) is 5.44. The van der Waals surface area contributed by atoms with Crippen molar-refractivity contribution in [2.45, 2.75) is 13.8 Å². The molecule has 0 aliphatic carbocycles. The highest BCUT2D eigenvalue weighted by atomic mass is 16.5. The lowest BCUT2D eigenvalue weighted by atomic mass is 10.2. The van der Waals surface area contributed by atoms with Crippen molar-refractivity contribution < 1.29 is 9.53 Å². The molecule has 24 heavy (non-hydrogen) atoms. The standard InChI is InChI=1S/C19H21N3O2/c1-3-21(4-2)19(23)14-24-18-12-8-11-17-16(18)13-20-22(17)15-9-6-5-7-10-15/h5-13H,3-4,14H2,1-2H3. The van der Waals surface area contributed by atoms with Crippen LogP contribution in [0.3, 0.4) is 0 Å². The Morgan fingerprint density at radius 1 is 1.08 bits per heavy atom. The van der Waals surface area contributed by atoms with E-state index in [4.69, 9.17) is 4.74 Å². The van der Waals surface area contributed by atoms with E-state index in [9.17, 15) is 4.79 Å². The molecule has 0 aliphatic rings. The fourth-order valence-electron chi connectivity index (χ4n) is 2.73. The molecule has 0 aliphatic heterocycles. The Bertz CT molecular complexity index is 823. The lowest BCUT2D eigenvalue weighted by molar-refractivity contribution is -0.132. The van der Waals surface area contributed by atoms with Crippen LogP contribution in [-0.4, -0.2) is 40.3 Å². The first-order valence-corrected chi connectivity index (χ1v) is 8.17. The number of para-hydroxylation sites is 1. The lowest BCUT2D eigenvalue weighted by Gasteiger charge is -2.18. The van der Waals surface area contributed by atoms with E-state index in [0.29, 0.717) is 18.8 Å². The van der Waals surface area contributed by atoms with E-state index in [2.05, 4.69) is 5.10 Å². The molecule has 1 aromatic heterocycles. The number of rotatable bonds is 6. The number of benzene rings is 2. The number of likely N-dealkylation sites (N-methyl/N-ethyl adjacent to an activating group) is 1. The van der Waals surface area contributed by atoms with Gasteiger partial charge in [-0.3, -0.25) is 4.79 Å². The summed E-state index contributed by atoms with van der Waals surface area (Å²) < 4.78 is 7.64. The van der Waals surface area contributed by atoms with Gasteiger partial charge in [-0.25, -0.2) is 4.68 Å². The molecule has 3 aromatic rings. The van der Waals surface area contributed by atoms with Crippen LogP contribution in [0.4, 0.5) is 0 Å². The summed E-state index contributed by atoms with van der Waals surface area (Å²) in [5, 5.41) is 5.36. The average Bonchev–Trinajstić information content (AvgIpc) is 3.06. The van der Waals surface area contributed by atoms with Gasteiger partial charge >= 0.3 is 0 Å². The Morgan fingerprint density at radius 3 is 2.54 bits per heavy atom.